The van der Waals surface area contributed by atoms with E-state index in [2.05, 4.69) is 26.8 Å². The lowest BCUT2D eigenvalue weighted by molar-refractivity contribution is 0.0950. The van der Waals surface area contributed by atoms with Gasteiger partial charge in [0.05, 0.1) is 5.56 Å². The van der Waals surface area contributed by atoms with E-state index in [-0.39, 0.29) is 5.91 Å². The van der Waals surface area contributed by atoms with Crippen LogP contribution in [0.2, 0.25) is 0 Å². The maximum Gasteiger partial charge on any atom is 0.253 e. The highest BCUT2D eigenvalue weighted by Gasteiger charge is 2.14. The van der Waals surface area contributed by atoms with E-state index in [1.807, 2.05) is 42.8 Å². The summed E-state index contributed by atoms with van der Waals surface area (Å²) in [4.78, 5) is 20.8. The number of imidazole rings is 1. The third-order valence-electron chi connectivity index (χ3n) is 4.17. The number of carbonyl (C=O) groups excluding carboxylic acids is 1. The van der Waals surface area contributed by atoms with Crippen LogP contribution in [0.5, 0.6) is 0 Å². The molecular formula is C18H21N5O. The molecule has 0 aliphatic rings. The monoisotopic (exact) mass is 323 g/mol. The number of nitrogens with one attached hydrogen (secondary N) is 1. The van der Waals surface area contributed by atoms with E-state index in [9.17, 15) is 4.79 Å². The summed E-state index contributed by atoms with van der Waals surface area (Å²) in [6.07, 6.45) is 7.02. The molecule has 3 heterocycles. The fraction of sp³-hybridized carbons (Fsp3) is 0.278. The first-order valence-corrected chi connectivity index (χ1v) is 7.98. The molecule has 24 heavy (non-hydrogen) atoms. The first-order chi connectivity index (χ1) is 11.6. The van der Waals surface area contributed by atoms with E-state index in [0.717, 1.165) is 34.9 Å². The normalized spacial score (nSPS) is 10.8. The number of hydrogen-bond donors (Lipinski definition) is 1. The van der Waals surface area contributed by atoms with E-state index in [1.54, 1.807) is 18.7 Å². The summed E-state index contributed by atoms with van der Waals surface area (Å²) in [5.74, 6) is 0.746. The minimum atomic E-state index is -0.0542. The van der Waals surface area contributed by atoms with Gasteiger partial charge in [-0.05, 0) is 38.5 Å². The van der Waals surface area contributed by atoms with Crippen LogP contribution in [0.1, 0.15) is 34.2 Å². The minimum absolute atomic E-state index is 0.0542. The summed E-state index contributed by atoms with van der Waals surface area (Å²) in [6.45, 7) is 7.39. The van der Waals surface area contributed by atoms with Gasteiger partial charge in [-0.3, -0.25) is 9.36 Å². The van der Waals surface area contributed by atoms with Gasteiger partial charge in [-0.2, -0.15) is 0 Å². The largest absolute Gasteiger partial charge is 0.349 e. The van der Waals surface area contributed by atoms with Crippen molar-refractivity contribution >= 4 is 5.91 Å². The van der Waals surface area contributed by atoms with Crippen LogP contribution in [-0.4, -0.2) is 25.0 Å². The Morgan fingerprint density at radius 3 is 2.71 bits per heavy atom. The summed E-state index contributed by atoms with van der Waals surface area (Å²) >= 11 is 0. The quantitative estimate of drug-likeness (QED) is 0.785. The Hall–Kier alpha value is -2.89. The van der Waals surface area contributed by atoms with Crippen LogP contribution in [0.3, 0.4) is 0 Å². The number of aromatic nitrogens is 4. The summed E-state index contributed by atoms with van der Waals surface area (Å²) in [7, 11) is 0. The summed E-state index contributed by atoms with van der Waals surface area (Å²) < 4.78 is 3.97. The second-order valence-corrected chi connectivity index (χ2v) is 5.71. The van der Waals surface area contributed by atoms with Crippen molar-refractivity contribution in [3.05, 3.63) is 65.6 Å². The summed E-state index contributed by atoms with van der Waals surface area (Å²) in [6, 6.07) is 5.80. The standard InChI is InChI=1S/C18H21N5O/c1-4-23-13(2)9-16(14(23)3)18(24)21-11-15-5-6-17(20-10-15)22-8-7-19-12-22/h5-10,12H,4,11H2,1-3H3,(H,21,24). The van der Waals surface area contributed by atoms with Gasteiger partial charge in [0.25, 0.3) is 5.91 Å². The smallest absolute Gasteiger partial charge is 0.253 e. The molecule has 3 rings (SSSR count). The molecule has 0 bridgehead atoms. The molecule has 0 aromatic carbocycles. The zero-order valence-electron chi connectivity index (χ0n) is 14.2. The van der Waals surface area contributed by atoms with Crippen LogP contribution < -0.4 is 5.32 Å². The van der Waals surface area contributed by atoms with Crippen LogP contribution in [0, 0.1) is 13.8 Å². The SMILES string of the molecule is CCn1c(C)cc(C(=O)NCc2ccc(-n3ccnc3)nc2)c1C. The van der Waals surface area contributed by atoms with Crippen molar-refractivity contribution in [1.82, 2.24) is 24.4 Å². The molecule has 0 unspecified atom stereocenters. The fourth-order valence-electron chi connectivity index (χ4n) is 2.86. The van der Waals surface area contributed by atoms with Gasteiger partial charge in [0, 0.05) is 43.1 Å². The highest BCUT2D eigenvalue weighted by Crippen LogP contribution is 2.15. The molecule has 6 heteroatoms. The van der Waals surface area contributed by atoms with Gasteiger partial charge in [-0.25, -0.2) is 9.97 Å². The van der Waals surface area contributed by atoms with Crippen LogP contribution in [0.15, 0.2) is 43.1 Å². The average molecular weight is 323 g/mol. The second kappa shape index (κ2) is 6.70. The van der Waals surface area contributed by atoms with Crippen molar-refractivity contribution in [2.75, 3.05) is 0 Å². The predicted molar refractivity (Wildman–Crippen MR) is 92.1 cm³/mol. The molecule has 3 aromatic heterocycles. The number of pyridine rings is 1. The second-order valence-electron chi connectivity index (χ2n) is 5.71. The highest BCUT2D eigenvalue weighted by molar-refractivity contribution is 5.95. The number of aryl methyl sites for hydroxylation is 1. The molecule has 6 nitrogen and oxygen atoms in total. The van der Waals surface area contributed by atoms with Gasteiger partial charge in [0.2, 0.25) is 0 Å². The molecule has 0 saturated heterocycles. The Kier molecular flexibility index (Phi) is 4.46. The maximum atomic E-state index is 12.4. The Balaban J connectivity index is 1.66. The van der Waals surface area contributed by atoms with Gasteiger partial charge < -0.3 is 9.88 Å². The molecule has 0 aliphatic heterocycles. The molecule has 0 fully saturated rings. The number of carbonyl (C=O) groups is 1. The van der Waals surface area contributed by atoms with Crippen molar-refractivity contribution in [2.24, 2.45) is 0 Å². The first kappa shape index (κ1) is 16.0. The van der Waals surface area contributed by atoms with Crippen molar-refractivity contribution in [2.45, 2.75) is 33.9 Å². The van der Waals surface area contributed by atoms with Crippen molar-refractivity contribution in [3.8, 4) is 5.82 Å². The van der Waals surface area contributed by atoms with Gasteiger partial charge in [-0.15, -0.1) is 0 Å². The fourth-order valence-corrected chi connectivity index (χ4v) is 2.86. The molecule has 0 aliphatic carbocycles. The average Bonchev–Trinajstić information content (AvgIpc) is 3.21. The number of amides is 1. The Labute approximate surface area is 141 Å². The molecule has 0 radical (unpaired) electrons. The first-order valence-electron chi connectivity index (χ1n) is 7.98. The van der Waals surface area contributed by atoms with Crippen LogP contribution in [-0.2, 0) is 13.1 Å². The molecular weight excluding hydrogens is 302 g/mol. The Bertz CT molecular complexity index is 831. The van der Waals surface area contributed by atoms with Crippen molar-refractivity contribution < 1.29 is 4.79 Å². The molecule has 0 saturated carbocycles. The van der Waals surface area contributed by atoms with Gasteiger partial charge >= 0.3 is 0 Å². The van der Waals surface area contributed by atoms with Gasteiger partial charge in [-0.1, -0.05) is 6.07 Å². The Morgan fingerprint density at radius 1 is 1.29 bits per heavy atom. The predicted octanol–water partition coefficient (Wildman–Crippen LogP) is 2.64. The van der Waals surface area contributed by atoms with E-state index in [0.29, 0.717) is 6.54 Å². The molecule has 1 amide bonds. The van der Waals surface area contributed by atoms with Gasteiger partial charge in [0.15, 0.2) is 0 Å². The maximum absolute atomic E-state index is 12.4. The van der Waals surface area contributed by atoms with Crippen molar-refractivity contribution in [3.63, 3.8) is 0 Å². The summed E-state index contributed by atoms with van der Waals surface area (Å²) in [5, 5.41) is 2.96. The van der Waals surface area contributed by atoms with E-state index in [4.69, 9.17) is 0 Å². The lowest BCUT2D eigenvalue weighted by atomic mass is 10.2. The van der Waals surface area contributed by atoms with Crippen LogP contribution >= 0.6 is 0 Å². The van der Waals surface area contributed by atoms with Crippen LogP contribution in [0.25, 0.3) is 5.82 Å². The zero-order chi connectivity index (χ0) is 17.1. The summed E-state index contributed by atoms with van der Waals surface area (Å²) in [5.41, 5.74) is 3.79. The van der Waals surface area contributed by atoms with Crippen molar-refractivity contribution in [1.29, 1.82) is 0 Å². The van der Waals surface area contributed by atoms with E-state index < -0.39 is 0 Å². The topological polar surface area (TPSA) is 64.7 Å². The highest BCUT2D eigenvalue weighted by atomic mass is 16.1. The van der Waals surface area contributed by atoms with E-state index >= 15 is 0 Å². The molecule has 0 atom stereocenters. The van der Waals surface area contributed by atoms with E-state index in [1.165, 1.54) is 0 Å². The number of rotatable bonds is 5. The van der Waals surface area contributed by atoms with Crippen LogP contribution in [0.4, 0.5) is 0 Å². The molecule has 0 spiro atoms. The zero-order valence-corrected chi connectivity index (χ0v) is 14.2. The Morgan fingerprint density at radius 2 is 2.12 bits per heavy atom. The number of nitrogens with zero attached hydrogens (tertiary/aromatic N) is 4. The van der Waals surface area contributed by atoms with Gasteiger partial charge in [0.1, 0.15) is 12.1 Å². The third-order valence-corrected chi connectivity index (χ3v) is 4.17. The lowest BCUT2D eigenvalue weighted by Crippen LogP contribution is -2.23. The third kappa shape index (κ3) is 3.08. The lowest BCUT2D eigenvalue weighted by Gasteiger charge is -2.08. The molecule has 3 aromatic rings. The molecule has 124 valence electrons. The minimum Gasteiger partial charge on any atom is -0.349 e. The number of hydrogen-bond acceptors (Lipinski definition) is 3. The molecule has 1 N–H and O–H groups in total.